The van der Waals surface area contributed by atoms with Gasteiger partial charge in [0.2, 0.25) is 0 Å². The van der Waals surface area contributed by atoms with Crippen LogP contribution in [0.1, 0.15) is 26.3 Å². The number of carbonyl (C=O) groups is 1. The quantitative estimate of drug-likeness (QED) is 0.804. The van der Waals surface area contributed by atoms with Gasteiger partial charge in [-0.05, 0) is 38.8 Å². The standard InChI is InChI=1S/C16H23NO5S/c1-16(2,3)22-15(18)17-14(10-11-23(19,20)21-4)12-13-8-6-5-7-9-13/h5-11,14H,12H2,1-4H3,(H,17,18)/b11-10+/t14-/m0/s1. The highest BCUT2D eigenvalue weighted by Gasteiger charge is 2.19. The Morgan fingerprint density at radius 3 is 2.39 bits per heavy atom. The summed E-state index contributed by atoms with van der Waals surface area (Å²) in [7, 11) is -2.67. The topological polar surface area (TPSA) is 81.7 Å². The largest absolute Gasteiger partial charge is 0.444 e. The van der Waals surface area contributed by atoms with Crippen molar-refractivity contribution in [2.24, 2.45) is 0 Å². The van der Waals surface area contributed by atoms with Crippen LogP contribution in [0.3, 0.4) is 0 Å². The minimum Gasteiger partial charge on any atom is -0.444 e. The molecule has 1 aromatic rings. The monoisotopic (exact) mass is 341 g/mol. The fraction of sp³-hybridized carbons (Fsp3) is 0.438. The lowest BCUT2D eigenvalue weighted by atomic mass is 10.1. The Kier molecular flexibility index (Phi) is 6.78. The maximum Gasteiger partial charge on any atom is 0.408 e. The van der Waals surface area contributed by atoms with Gasteiger partial charge in [0.25, 0.3) is 10.1 Å². The molecule has 0 radical (unpaired) electrons. The summed E-state index contributed by atoms with van der Waals surface area (Å²) in [5.74, 6) is 0. The molecule has 1 atom stereocenters. The third kappa shape index (κ3) is 8.37. The van der Waals surface area contributed by atoms with E-state index in [1.807, 2.05) is 30.3 Å². The van der Waals surface area contributed by atoms with Crippen molar-refractivity contribution in [2.45, 2.75) is 38.8 Å². The molecule has 128 valence electrons. The second kappa shape index (κ2) is 8.12. The third-order valence-corrected chi connectivity index (χ3v) is 3.67. The van der Waals surface area contributed by atoms with Crippen molar-refractivity contribution in [3.05, 3.63) is 47.4 Å². The van der Waals surface area contributed by atoms with Gasteiger partial charge in [-0.3, -0.25) is 4.18 Å². The summed E-state index contributed by atoms with van der Waals surface area (Å²) in [4.78, 5) is 11.9. The molecule has 0 heterocycles. The number of alkyl carbamates (subject to hydrolysis) is 1. The van der Waals surface area contributed by atoms with Crippen molar-refractivity contribution < 1.29 is 22.1 Å². The minimum absolute atomic E-state index is 0.426. The van der Waals surface area contributed by atoms with Crippen LogP contribution < -0.4 is 5.32 Å². The van der Waals surface area contributed by atoms with E-state index in [-0.39, 0.29) is 0 Å². The van der Waals surface area contributed by atoms with Crippen LogP contribution in [0, 0.1) is 0 Å². The van der Waals surface area contributed by atoms with E-state index in [1.165, 1.54) is 6.08 Å². The van der Waals surface area contributed by atoms with E-state index in [2.05, 4.69) is 9.50 Å². The van der Waals surface area contributed by atoms with Crippen molar-refractivity contribution in [1.82, 2.24) is 5.32 Å². The summed E-state index contributed by atoms with van der Waals surface area (Å²) in [5, 5.41) is 3.58. The van der Waals surface area contributed by atoms with Crippen LogP contribution in [-0.2, 0) is 25.5 Å². The fourth-order valence-corrected chi connectivity index (χ4v) is 2.23. The highest BCUT2D eigenvalue weighted by molar-refractivity contribution is 7.89. The average molecular weight is 341 g/mol. The Morgan fingerprint density at radius 1 is 1.26 bits per heavy atom. The molecule has 0 unspecified atom stereocenters. The zero-order valence-electron chi connectivity index (χ0n) is 13.8. The SMILES string of the molecule is COS(=O)(=O)/C=C/[C@@H](Cc1ccccc1)NC(=O)OC(C)(C)C. The number of rotatable bonds is 6. The molecular weight excluding hydrogens is 318 g/mol. The highest BCUT2D eigenvalue weighted by atomic mass is 32.2. The Bertz CT molecular complexity index is 632. The predicted molar refractivity (Wildman–Crippen MR) is 88.4 cm³/mol. The van der Waals surface area contributed by atoms with E-state index >= 15 is 0 Å². The molecule has 1 rings (SSSR count). The van der Waals surface area contributed by atoms with E-state index in [1.54, 1.807) is 20.8 Å². The molecule has 0 spiro atoms. The Morgan fingerprint density at radius 2 is 1.87 bits per heavy atom. The molecule has 23 heavy (non-hydrogen) atoms. The molecule has 7 heteroatoms. The Labute approximate surface area is 137 Å². The summed E-state index contributed by atoms with van der Waals surface area (Å²) < 4.78 is 32.4. The zero-order chi connectivity index (χ0) is 17.5. The number of nitrogens with one attached hydrogen (secondary N) is 1. The average Bonchev–Trinajstić information content (AvgIpc) is 2.44. The fourth-order valence-electron chi connectivity index (χ4n) is 1.74. The minimum atomic E-state index is -3.75. The maximum absolute atomic E-state index is 11.9. The van der Waals surface area contributed by atoms with Gasteiger partial charge in [0.15, 0.2) is 0 Å². The van der Waals surface area contributed by atoms with Gasteiger partial charge in [0.05, 0.1) is 18.6 Å². The molecule has 0 saturated carbocycles. The van der Waals surface area contributed by atoms with Gasteiger partial charge in [-0.25, -0.2) is 4.79 Å². The molecule has 0 bridgehead atoms. The van der Waals surface area contributed by atoms with Crippen molar-refractivity contribution in [1.29, 1.82) is 0 Å². The molecule has 6 nitrogen and oxygen atoms in total. The molecule has 0 fully saturated rings. The van der Waals surface area contributed by atoms with Crippen LogP contribution in [0.2, 0.25) is 0 Å². The first-order valence-corrected chi connectivity index (χ1v) is 8.61. The second-order valence-electron chi connectivity index (χ2n) is 5.93. The molecule has 0 aliphatic rings. The van der Waals surface area contributed by atoms with E-state index in [0.29, 0.717) is 6.42 Å². The number of hydrogen-bond acceptors (Lipinski definition) is 5. The predicted octanol–water partition coefficient (Wildman–Crippen LogP) is 2.61. The number of ether oxygens (including phenoxy) is 1. The van der Waals surface area contributed by atoms with E-state index in [0.717, 1.165) is 18.1 Å². The lowest BCUT2D eigenvalue weighted by Gasteiger charge is -2.22. The van der Waals surface area contributed by atoms with E-state index < -0.39 is 27.9 Å². The zero-order valence-corrected chi connectivity index (χ0v) is 14.6. The van der Waals surface area contributed by atoms with Gasteiger partial charge in [-0.2, -0.15) is 8.42 Å². The van der Waals surface area contributed by atoms with Crippen molar-refractivity contribution in [2.75, 3.05) is 7.11 Å². The smallest absolute Gasteiger partial charge is 0.408 e. The molecule has 0 saturated heterocycles. The molecule has 0 aliphatic carbocycles. The van der Waals surface area contributed by atoms with Crippen molar-refractivity contribution in [3.63, 3.8) is 0 Å². The molecular formula is C16H23NO5S. The van der Waals surface area contributed by atoms with Crippen LogP contribution in [0.15, 0.2) is 41.8 Å². The van der Waals surface area contributed by atoms with Crippen LogP contribution in [0.5, 0.6) is 0 Å². The van der Waals surface area contributed by atoms with Gasteiger partial charge in [0.1, 0.15) is 5.60 Å². The molecule has 1 amide bonds. The highest BCUT2D eigenvalue weighted by Crippen LogP contribution is 2.09. The number of hydrogen-bond donors (Lipinski definition) is 1. The molecule has 0 aliphatic heterocycles. The maximum atomic E-state index is 11.9. The first-order chi connectivity index (χ1) is 10.6. The van der Waals surface area contributed by atoms with Crippen LogP contribution in [-0.4, -0.2) is 33.3 Å². The lowest BCUT2D eigenvalue weighted by Crippen LogP contribution is -2.39. The molecule has 1 N–H and O–H groups in total. The first-order valence-electron chi connectivity index (χ1n) is 7.13. The normalized spacial score (nSPS) is 13.7. The van der Waals surface area contributed by atoms with Gasteiger partial charge in [-0.15, -0.1) is 0 Å². The first kappa shape index (κ1) is 19.2. The molecule has 1 aromatic carbocycles. The van der Waals surface area contributed by atoms with E-state index in [9.17, 15) is 13.2 Å². The second-order valence-corrected chi connectivity index (χ2v) is 7.52. The van der Waals surface area contributed by atoms with Gasteiger partial charge in [-0.1, -0.05) is 30.3 Å². The summed E-state index contributed by atoms with van der Waals surface area (Å²) >= 11 is 0. The Hall–Kier alpha value is -1.86. The van der Waals surface area contributed by atoms with Crippen LogP contribution in [0.25, 0.3) is 0 Å². The Balaban J connectivity index is 2.86. The summed E-state index contributed by atoms with van der Waals surface area (Å²) in [6, 6.07) is 8.86. The summed E-state index contributed by atoms with van der Waals surface area (Å²) in [6.07, 6.45) is 1.18. The summed E-state index contributed by atoms with van der Waals surface area (Å²) in [6.45, 7) is 5.26. The lowest BCUT2D eigenvalue weighted by molar-refractivity contribution is 0.0514. The van der Waals surface area contributed by atoms with E-state index in [4.69, 9.17) is 4.74 Å². The van der Waals surface area contributed by atoms with Crippen molar-refractivity contribution in [3.8, 4) is 0 Å². The van der Waals surface area contributed by atoms with Gasteiger partial charge < -0.3 is 10.1 Å². The molecule has 0 aromatic heterocycles. The number of benzene rings is 1. The van der Waals surface area contributed by atoms with Gasteiger partial charge in [0, 0.05) is 0 Å². The number of carbonyl (C=O) groups excluding carboxylic acids is 1. The van der Waals surface area contributed by atoms with Crippen molar-refractivity contribution >= 4 is 16.2 Å². The van der Waals surface area contributed by atoms with Crippen LogP contribution in [0.4, 0.5) is 4.79 Å². The third-order valence-electron chi connectivity index (χ3n) is 2.71. The summed E-state index contributed by atoms with van der Waals surface area (Å²) in [5.41, 5.74) is 0.317. The van der Waals surface area contributed by atoms with Gasteiger partial charge >= 0.3 is 6.09 Å². The van der Waals surface area contributed by atoms with Crippen LogP contribution >= 0.6 is 0 Å². The number of amides is 1.